The molecule has 0 saturated carbocycles. The third kappa shape index (κ3) is 2.09. The number of amides is 1. The van der Waals surface area contributed by atoms with E-state index >= 15 is 0 Å². The Morgan fingerprint density at radius 1 is 1.33 bits per heavy atom. The van der Waals surface area contributed by atoms with E-state index in [2.05, 4.69) is 0 Å². The number of nitrogens with zero attached hydrogens (tertiary/aromatic N) is 1. The molecule has 1 atom stereocenters. The molecule has 0 saturated heterocycles. The van der Waals surface area contributed by atoms with Crippen molar-refractivity contribution in [1.82, 2.24) is 0 Å². The lowest BCUT2D eigenvalue weighted by Crippen LogP contribution is -2.35. The van der Waals surface area contributed by atoms with Gasteiger partial charge in [0.05, 0.1) is 5.69 Å². The van der Waals surface area contributed by atoms with Crippen molar-refractivity contribution in [2.75, 3.05) is 11.9 Å². The van der Waals surface area contributed by atoms with E-state index in [9.17, 15) is 9.59 Å². The summed E-state index contributed by atoms with van der Waals surface area (Å²) >= 11 is 1.54. The summed E-state index contributed by atoms with van der Waals surface area (Å²) in [6.45, 7) is 1.40. The van der Waals surface area contributed by atoms with Gasteiger partial charge in [-0.1, -0.05) is 18.2 Å². The van der Waals surface area contributed by atoms with Crippen molar-refractivity contribution in [1.29, 1.82) is 0 Å². The van der Waals surface area contributed by atoms with Crippen molar-refractivity contribution in [3.8, 4) is 0 Å². The van der Waals surface area contributed by atoms with Gasteiger partial charge in [0.15, 0.2) is 0 Å². The molecule has 0 radical (unpaired) electrons. The Bertz CT molecular complexity index is 605. The molecule has 0 aliphatic heterocycles. The lowest BCUT2D eigenvalue weighted by atomic mass is 10.1. The highest BCUT2D eigenvalue weighted by Gasteiger charge is 2.25. The smallest absolute Gasteiger partial charge is 0.315 e. The lowest BCUT2D eigenvalue weighted by Gasteiger charge is -2.18. The number of fused-ring (bicyclic) bond motifs is 1. The van der Waals surface area contributed by atoms with Gasteiger partial charge in [-0.05, 0) is 13.0 Å². The monoisotopic (exact) mass is 263 g/mol. The number of aliphatic carboxylic acids is 1. The molecule has 2 rings (SSSR count). The van der Waals surface area contributed by atoms with Crippen LogP contribution in [0.25, 0.3) is 10.1 Å². The Hall–Kier alpha value is -1.88. The molecule has 1 aromatic carbocycles. The van der Waals surface area contributed by atoms with Crippen molar-refractivity contribution < 1.29 is 14.7 Å². The van der Waals surface area contributed by atoms with Crippen LogP contribution in [-0.4, -0.2) is 24.0 Å². The molecule has 1 unspecified atom stereocenters. The first kappa shape index (κ1) is 12.6. The number of benzene rings is 1. The average Bonchev–Trinajstić information content (AvgIpc) is 2.79. The number of carbonyl (C=O) groups is 2. The van der Waals surface area contributed by atoms with E-state index in [0.717, 1.165) is 15.8 Å². The van der Waals surface area contributed by atoms with Gasteiger partial charge in [-0.15, -0.1) is 11.3 Å². The van der Waals surface area contributed by atoms with Crippen molar-refractivity contribution in [2.45, 2.75) is 6.92 Å². The predicted molar refractivity (Wildman–Crippen MR) is 72.0 cm³/mol. The minimum Gasteiger partial charge on any atom is -0.481 e. The second-order valence-electron chi connectivity index (χ2n) is 4.07. The van der Waals surface area contributed by atoms with Crippen LogP contribution in [0.3, 0.4) is 0 Å². The van der Waals surface area contributed by atoms with E-state index < -0.39 is 17.8 Å². The summed E-state index contributed by atoms with van der Waals surface area (Å²) in [6, 6.07) is 7.74. The molecular formula is C13H13NO3S. The second-order valence-corrected chi connectivity index (χ2v) is 4.99. The maximum absolute atomic E-state index is 12.0. The van der Waals surface area contributed by atoms with Gasteiger partial charge < -0.3 is 10.0 Å². The van der Waals surface area contributed by atoms with Crippen LogP contribution in [-0.2, 0) is 9.59 Å². The number of hydrogen-bond acceptors (Lipinski definition) is 3. The summed E-state index contributed by atoms with van der Waals surface area (Å²) in [7, 11) is 1.61. The van der Waals surface area contributed by atoms with E-state index in [1.54, 1.807) is 7.05 Å². The van der Waals surface area contributed by atoms with Crippen LogP contribution >= 0.6 is 11.3 Å². The summed E-state index contributed by atoms with van der Waals surface area (Å²) in [5.41, 5.74) is 0.758. The third-order valence-electron chi connectivity index (χ3n) is 2.89. The van der Waals surface area contributed by atoms with E-state index in [4.69, 9.17) is 5.11 Å². The van der Waals surface area contributed by atoms with Crippen LogP contribution < -0.4 is 4.90 Å². The molecule has 94 valence electrons. The first-order valence-electron chi connectivity index (χ1n) is 5.49. The summed E-state index contributed by atoms with van der Waals surface area (Å²) in [6.07, 6.45) is 0. The van der Waals surface area contributed by atoms with Gasteiger partial charge in [-0.3, -0.25) is 9.59 Å². The number of carboxylic acid groups (broad SMARTS) is 1. The zero-order chi connectivity index (χ0) is 13.3. The number of carboxylic acids is 1. The zero-order valence-corrected chi connectivity index (χ0v) is 10.9. The minimum absolute atomic E-state index is 0.411. The van der Waals surface area contributed by atoms with Crippen LogP contribution in [0, 0.1) is 5.92 Å². The van der Waals surface area contributed by atoms with Crippen molar-refractivity contribution in [3.05, 3.63) is 29.6 Å². The van der Waals surface area contributed by atoms with E-state index in [1.807, 2.05) is 29.6 Å². The van der Waals surface area contributed by atoms with Crippen molar-refractivity contribution >= 4 is 39.0 Å². The average molecular weight is 263 g/mol. The van der Waals surface area contributed by atoms with Gasteiger partial charge >= 0.3 is 5.97 Å². The van der Waals surface area contributed by atoms with E-state index in [0.29, 0.717) is 0 Å². The Morgan fingerprint density at radius 2 is 2.00 bits per heavy atom. The van der Waals surface area contributed by atoms with Crippen molar-refractivity contribution in [3.63, 3.8) is 0 Å². The van der Waals surface area contributed by atoms with Crippen molar-refractivity contribution in [2.24, 2.45) is 5.92 Å². The zero-order valence-electron chi connectivity index (χ0n) is 10.1. The summed E-state index contributed by atoms with van der Waals surface area (Å²) in [5, 5.41) is 11.7. The summed E-state index contributed by atoms with van der Waals surface area (Å²) < 4.78 is 1.08. The van der Waals surface area contributed by atoms with Crippen LogP contribution in [0.4, 0.5) is 5.69 Å². The van der Waals surface area contributed by atoms with Crippen LogP contribution in [0.5, 0.6) is 0 Å². The molecule has 1 N–H and O–H groups in total. The number of rotatable bonds is 3. The first-order valence-corrected chi connectivity index (χ1v) is 6.37. The van der Waals surface area contributed by atoms with Gasteiger partial charge in [0.25, 0.3) is 0 Å². The molecule has 4 nitrogen and oxygen atoms in total. The third-order valence-corrected chi connectivity index (χ3v) is 3.84. The van der Waals surface area contributed by atoms with Gasteiger partial charge in [0.2, 0.25) is 5.91 Å². The summed E-state index contributed by atoms with van der Waals surface area (Å²) in [5.74, 6) is -2.55. The molecule has 18 heavy (non-hydrogen) atoms. The fourth-order valence-electron chi connectivity index (χ4n) is 1.74. The lowest BCUT2D eigenvalue weighted by molar-refractivity contribution is -0.145. The number of thiophene rings is 1. The molecule has 0 bridgehead atoms. The molecule has 0 fully saturated rings. The molecular weight excluding hydrogens is 250 g/mol. The largest absolute Gasteiger partial charge is 0.481 e. The highest BCUT2D eigenvalue weighted by molar-refractivity contribution is 7.17. The molecule has 0 aliphatic rings. The summed E-state index contributed by atoms with van der Waals surface area (Å²) in [4.78, 5) is 24.2. The maximum Gasteiger partial charge on any atom is 0.315 e. The second kappa shape index (κ2) is 4.78. The Labute approximate surface area is 108 Å². The minimum atomic E-state index is -1.11. The normalized spacial score (nSPS) is 12.3. The first-order chi connectivity index (χ1) is 8.52. The number of carbonyl (C=O) groups excluding carboxylic acids is 1. The van der Waals surface area contributed by atoms with Gasteiger partial charge in [0.1, 0.15) is 5.92 Å². The van der Waals surface area contributed by atoms with Crippen LogP contribution in [0.1, 0.15) is 6.92 Å². The predicted octanol–water partition coefficient (Wildman–Crippen LogP) is 2.58. The van der Waals surface area contributed by atoms with Gasteiger partial charge in [-0.25, -0.2) is 0 Å². The maximum atomic E-state index is 12.0. The molecule has 2 aromatic rings. The fraction of sp³-hybridized carbons (Fsp3) is 0.231. The number of anilines is 1. The fourth-order valence-corrected chi connectivity index (χ4v) is 2.72. The highest BCUT2D eigenvalue weighted by atomic mass is 32.1. The molecule has 1 aromatic heterocycles. The molecule has 5 heteroatoms. The van der Waals surface area contributed by atoms with Crippen LogP contribution in [0.15, 0.2) is 29.6 Å². The highest BCUT2D eigenvalue weighted by Crippen LogP contribution is 2.32. The Kier molecular flexibility index (Phi) is 3.34. The number of hydrogen-bond donors (Lipinski definition) is 1. The molecule has 1 heterocycles. The molecule has 0 spiro atoms. The quantitative estimate of drug-likeness (QED) is 0.866. The molecule has 1 amide bonds. The van der Waals surface area contributed by atoms with Crippen LogP contribution in [0.2, 0.25) is 0 Å². The topological polar surface area (TPSA) is 57.6 Å². The molecule has 0 aliphatic carbocycles. The van der Waals surface area contributed by atoms with Gasteiger partial charge in [0, 0.05) is 22.5 Å². The van der Waals surface area contributed by atoms with E-state index in [-0.39, 0.29) is 0 Å². The standard InChI is InChI=1S/C13H13NO3S/c1-8(13(16)17)12(15)14(2)10-7-18-11-6-4-3-5-9(10)11/h3-8H,1-2H3,(H,16,17). The Morgan fingerprint density at radius 3 is 2.67 bits per heavy atom. The van der Waals surface area contributed by atoms with E-state index in [1.165, 1.54) is 23.2 Å². The Balaban J connectivity index is 2.37. The van der Waals surface area contributed by atoms with Gasteiger partial charge in [-0.2, -0.15) is 0 Å². The SMILES string of the molecule is CC(C(=O)O)C(=O)N(C)c1csc2ccccc12.